The molecule has 7 heteroatoms. The van der Waals surface area contributed by atoms with Crippen molar-refractivity contribution in [3.8, 4) is 0 Å². The molecule has 1 aromatic heterocycles. The van der Waals surface area contributed by atoms with Gasteiger partial charge < -0.3 is 10.1 Å². The molecular formula is C16H26N4O3. The number of nitrogens with one attached hydrogen (secondary N) is 1. The fraction of sp³-hybridized carbons (Fsp3) is 0.688. The highest BCUT2D eigenvalue weighted by atomic mass is 16.6. The molecule has 0 saturated carbocycles. The summed E-state index contributed by atoms with van der Waals surface area (Å²) in [7, 11) is 0. The topological polar surface area (TPSA) is 76.5 Å². The number of fused-ring (bicyclic) bond motifs is 1. The molecule has 7 nitrogen and oxygen atoms in total. The summed E-state index contributed by atoms with van der Waals surface area (Å²) < 4.78 is 7.26. The van der Waals surface area contributed by atoms with Crippen molar-refractivity contribution in [2.75, 3.05) is 5.32 Å². The number of amides is 2. The highest BCUT2D eigenvalue weighted by Gasteiger charge is 2.46. The van der Waals surface area contributed by atoms with Gasteiger partial charge in [-0.05, 0) is 41.5 Å². The van der Waals surface area contributed by atoms with Crippen LogP contribution in [0.1, 0.15) is 59.7 Å². The second kappa shape index (κ2) is 5.54. The van der Waals surface area contributed by atoms with Gasteiger partial charge in [-0.3, -0.25) is 9.69 Å². The Balaban J connectivity index is 2.39. The first-order valence-electron chi connectivity index (χ1n) is 7.85. The molecule has 0 aromatic carbocycles. The number of carbonyl (C=O) groups is 2. The predicted octanol–water partition coefficient (Wildman–Crippen LogP) is 2.85. The zero-order valence-electron chi connectivity index (χ0n) is 15.0. The number of aryl methyl sites for hydroxylation is 1. The van der Waals surface area contributed by atoms with Gasteiger partial charge in [-0.1, -0.05) is 0 Å². The second-order valence-corrected chi connectivity index (χ2v) is 7.30. The maximum absolute atomic E-state index is 12.5. The molecule has 2 rings (SSSR count). The number of aromatic nitrogens is 2. The Morgan fingerprint density at radius 2 is 1.96 bits per heavy atom. The normalized spacial score (nSPS) is 16.2. The number of rotatable bonds is 2. The van der Waals surface area contributed by atoms with Crippen LogP contribution in [0.3, 0.4) is 0 Å². The van der Waals surface area contributed by atoms with E-state index in [1.807, 2.05) is 41.5 Å². The zero-order chi connectivity index (χ0) is 17.6. The van der Waals surface area contributed by atoms with Gasteiger partial charge in [0.05, 0.1) is 17.8 Å². The zero-order valence-corrected chi connectivity index (χ0v) is 15.0. The summed E-state index contributed by atoms with van der Waals surface area (Å²) in [4.78, 5) is 25.7. The molecule has 0 radical (unpaired) electrons. The molecule has 0 atom stereocenters. The van der Waals surface area contributed by atoms with Crippen LogP contribution in [0.5, 0.6) is 0 Å². The van der Waals surface area contributed by atoms with Crippen molar-refractivity contribution in [3.05, 3.63) is 11.3 Å². The smallest absolute Gasteiger partial charge is 0.411 e. The third-order valence-electron chi connectivity index (χ3n) is 3.83. The van der Waals surface area contributed by atoms with E-state index in [0.717, 1.165) is 11.3 Å². The molecule has 2 amide bonds. The molecule has 0 bridgehead atoms. The predicted molar refractivity (Wildman–Crippen MR) is 87.0 cm³/mol. The summed E-state index contributed by atoms with van der Waals surface area (Å²) in [6.45, 7) is 13.8. The molecule has 2 heterocycles. The Morgan fingerprint density at radius 1 is 1.35 bits per heavy atom. The Morgan fingerprint density at radius 3 is 2.43 bits per heavy atom. The molecule has 1 aromatic rings. The SMILES string of the molecule is CCn1nc2c(c1NC(C)=O)CN(C(=O)OC(C)(C)C)C2(C)C. The van der Waals surface area contributed by atoms with E-state index >= 15 is 0 Å². The minimum absolute atomic E-state index is 0.157. The summed E-state index contributed by atoms with van der Waals surface area (Å²) in [5.74, 6) is 0.505. The van der Waals surface area contributed by atoms with Crippen molar-refractivity contribution in [2.45, 2.75) is 72.7 Å². The average molecular weight is 322 g/mol. The van der Waals surface area contributed by atoms with Gasteiger partial charge in [0, 0.05) is 19.0 Å². The van der Waals surface area contributed by atoms with Gasteiger partial charge in [-0.15, -0.1) is 0 Å². The van der Waals surface area contributed by atoms with Crippen LogP contribution in [0.2, 0.25) is 0 Å². The van der Waals surface area contributed by atoms with Gasteiger partial charge in [0.2, 0.25) is 5.91 Å². The number of carbonyl (C=O) groups excluding carboxylic acids is 2. The number of anilines is 1. The van der Waals surface area contributed by atoms with E-state index in [0.29, 0.717) is 18.9 Å². The van der Waals surface area contributed by atoms with Crippen LogP contribution in [0, 0.1) is 0 Å². The maximum atomic E-state index is 12.5. The second-order valence-electron chi connectivity index (χ2n) is 7.30. The van der Waals surface area contributed by atoms with Crippen molar-refractivity contribution in [2.24, 2.45) is 0 Å². The lowest BCUT2D eigenvalue weighted by atomic mass is 10.0. The number of ether oxygens (including phenoxy) is 1. The van der Waals surface area contributed by atoms with Gasteiger partial charge in [0.15, 0.2) is 0 Å². The minimum Gasteiger partial charge on any atom is -0.444 e. The third-order valence-corrected chi connectivity index (χ3v) is 3.83. The Kier molecular flexibility index (Phi) is 4.17. The van der Waals surface area contributed by atoms with Gasteiger partial charge in [0.25, 0.3) is 0 Å². The molecule has 1 aliphatic heterocycles. The van der Waals surface area contributed by atoms with Gasteiger partial charge in [-0.2, -0.15) is 5.10 Å². The molecule has 0 spiro atoms. The van der Waals surface area contributed by atoms with Crippen molar-refractivity contribution in [1.29, 1.82) is 0 Å². The van der Waals surface area contributed by atoms with Gasteiger partial charge in [0.1, 0.15) is 11.4 Å². The van der Waals surface area contributed by atoms with E-state index in [1.54, 1.807) is 9.58 Å². The van der Waals surface area contributed by atoms with Crippen molar-refractivity contribution in [1.82, 2.24) is 14.7 Å². The van der Waals surface area contributed by atoms with Crippen molar-refractivity contribution < 1.29 is 14.3 Å². The van der Waals surface area contributed by atoms with Crippen molar-refractivity contribution in [3.63, 3.8) is 0 Å². The monoisotopic (exact) mass is 322 g/mol. The highest BCUT2D eigenvalue weighted by Crippen LogP contribution is 2.42. The van der Waals surface area contributed by atoms with Crippen LogP contribution in [-0.4, -0.2) is 32.3 Å². The highest BCUT2D eigenvalue weighted by molar-refractivity contribution is 5.89. The van der Waals surface area contributed by atoms with Crippen LogP contribution in [-0.2, 0) is 28.2 Å². The summed E-state index contributed by atoms with van der Waals surface area (Å²) >= 11 is 0. The standard InChI is InChI=1S/C16H26N4O3/c1-8-20-13(17-10(2)21)11-9-19(14(22)23-15(3,4)5)16(6,7)12(11)18-20/h8-9H2,1-7H3,(H,17,21). The first-order valence-corrected chi connectivity index (χ1v) is 7.85. The molecule has 1 aliphatic rings. The average Bonchev–Trinajstić information content (AvgIpc) is 2.83. The lowest BCUT2D eigenvalue weighted by molar-refractivity contribution is -0.114. The summed E-state index contributed by atoms with van der Waals surface area (Å²) in [5.41, 5.74) is 0.523. The van der Waals surface area contributed by atoms with Crippen LogP contribution in [0.4, 0.5) is 10.6 Å². The first kappa shape index (κ1) is 17.3. The molecule has 0 aliphatic carbocycles. The Labute approximate surface area is 137 Å². The van der Waals surface area contributed by atoms with Crippen LogP contribution in [0.15, 0.2) is 0 Å². The summed E-state index contributed by atoms with van der Waals surface area (Å²) in [5, 5.41) is 7.43. The first-order chi connectivity index (χ1) is 10.5. The fourth-order valence-corrected chi connectivity index (χ4v) is 2.77. The molecule has 0 fully saturated rings. The lowest BCUT2D eigenvalue weighted by Crippen LogP contribution is -2.43. The lowest BCUT2D eigenvalue weighted by Gasteiger charge is -2.33. The quantitative estimate of drug-likeness (QED) is 0.908. The number of hydrogen-bond acceptors (Lipinski definition) is 4. The van der Waals surface area contributed by atoms with E-state index in [4.69, 9.17) is 4.74 Å². The maximum Gasteiger partial charge on any atom is 0.411 e. The van der Waals surface area contributed by atoms with Gasteiger partial charge in [-0.25, -0.2) is 9.48 Å². The molecule has 1 N–H and O–H groups in total. The number of nitrogens with zero attached hydrogens (tertiary/aromatic N) is 3. The summed E-state index contributed by atoms with van der Waals surface area (Å²) in [6.07, 6.45) is -0.377. The van der Waals surface area contributed by atoms with Crippen molar-refractivity contribution >= 4 is 17.8 Å². The Bertz CT molecular complexity index is 640. The molecule has 0 saturated heterocycles. The molecule has 128 valence electrons. The van der Waals surface area contributed by atoms with Crippen LogP contribution in [0.25, 0.3) is 0 Å². The van der Waals surface area contributed by atoms with E-state index < -0.39 is 11.1 Å². The largest absolute Gasteiger partial charge is 0.444 e. The van der Waals surface area contributed by atoms with E-state index in [2.05, 4.69) is 10.4 Å². The van der Waals surface area contributed by atoms with Crippen LogP contribution >= 0.6 is 0 Å². The molecule has 0 unspecified atom stereocenters. The van der Waals surface area contributed by atoms with Crippen LogP contribution < -0.4 is 5.32 Å². The Hall–Kier alpha value is -2.05. The molecular weight excluding hydrogens is 296 g/mol. The molecule has 23 heavy (non-hydrogen) atoms. The number of hydrogen-bond donors (Lipinski definition) is 1. The summed E-state index contributed by atoms with van der Waals surface area (Å²) in [6, 6.07) is 0. The van der Waals surface area contributed by atoms with Gasteiger partial charge >= 0.3 is 6.09 Å². The van der Waals surface area contributed by atoms with E-state index in [-0.39, 0.29) is 12.0 Å². The third kappa shape index (κ3) is 3.18. The van der Waals surface area contributed by atoms with E-state index in [1.165, 1.54) is 6.92 Å². The van der Waals surface area contributed by atoms with E-state index in [9.17, 15) is 9.59 Å². The fourth-order valence-electron chi connectivity index (χ4n) is 2.77. The minimum atomic E-state index is -0.592.